The van der Waals surface area contributed by atoms with Crippen LogP contribution >= 0.6 is 0 Å². The Hall–Kier alpha value is -2.25. The van der Waals surface area contributed by atoms with Gasteiger partial charge in [0.1, 0.15) is 0 Å². The number of benzene rings is 3. The van der Waals surface area contributed by atoms with Gasteiger partial charge in [0, 0.05) is 43.6 Å². The highest BCUT2D eigenvalue weighted by molar-refractivity contribution is 7.89. The predicted molar refractivity (Wildman–Crippen MR) is 141 cm³/mol. The molecule has 3 unspecified atom stereocenters. The Morgan fingerprint density at radius 3 is 2.54 bits per heavy atom. The second-order valence-corrected chi connectivity index (χ2v) is 12.5. The Labute approximate surface area is 209 Å². The van der Waals surface area contributed by atoms with Crippen molar-refractivity contribution in [2.75, 3.05) is 32.7 Å². The van der Waals surface area contributed by atoms with Crippen LogP contribution in [0.2, 0.25) is 0 Å². The maximum Gasteiger partial charge on any atom is 0.243 e. The molecular weight excluding hydrogens is 454 g/mol. The quantitative estimate of drug-likeness (QED) is 0.587. The van der Waals surface area contributed by atoms with E-state index < -0.39 is 10.0 Å². The van der Waals surface area contributed by atoms with Gasteiger partial charge >= 0.3 is 0 Å². The van der Waals surface area contributed by atoms with Crippen molar-refractivity contribution in [1.82, 2.24) is 14.5 Å². The standard InChI is InChI=1S/C29H35N3O2S/c33-35(34,29-11-5-9-24-7-3-4-10-28(24)29)32-17-16-31-20-22(12-15-27(31)21-32)19-30-26-14-13-23-6-1-2-8-25(23)18-26/h1-11,22,26-27,30H,12-21H2. The number of aryl methyl sites for hydroxylation is 1. The molecular formula is C29H35N3O2S. The van der Waals surface area contributed by atoms with E-state index in [-0.39, 0.29) is 0 Å². The van der Waals surface area contributed by atoms with E-state index in [1.165, 1.54) is 30.4 Å². The van der Waals surface area contributed by atoms with Gasteiger partial charge in [-0.25, -0.2) is 8.42 Å². The third kappa shape index (κ3) is 4.65. The van der Waals surface area contributed by atoms with Gasteiger partial charge in [-0.2, -0.15) is 4.31 Å². The Kier molecular flexibility index (Phi) is 6.39. The van der Waals surface area contributed by atoms with Crippen molar-refractivity contribution in [3.05, 3.63) is 77.9 Å². The fourth-order valence-corrected chi connectivity index (χ4v) is 8.06. The van der Waals surface area contributed by atoms with Crippen molar-refractivity contribution in [3.8, 4) is 0 Å². The lowest BCUT2D eigenvalue weighted by molar-refractivity contribution is 0.0562. The highest BCUT2D eigenvalue weighted by Crippen LogP contribution is 2.31. The molecule has 0 amide bonds. The van der Waals surface area contributed by atoms with Gasteiger partial charge in [0.25, 0.3) is 0 Å². The molecule has 2 heterocycles. The zero-order valence-corrected chi connectivity index (χ0v) is 21.1. The number of nitrogens with zero attached hydrogens (tertiary/aromatic N) is 2. The van der Waals surface area contributed by atoms with Gasteiger partial charge in [0.2, 0.25) is 10.0 Å². The number of piperidine rings is 1. The summed E-state index contributed by atoms with van der Waals surface area (Å²) in [6.07, 6.45) is 5.77. The average molecular weight is 490 g/mol. The normalized spacial score (nSPS) is 25.8. The van der Waals surface area contributed by atoms with Crippen LogP contribution in [0.15, 0.2) is 71.6 Å². The van der Waals surface area contributed by atoms with E-state index in [1.807, 2.05) is 36.4 Å². The first-order valence-corrected chi connectivity index (χ1v) is 14.5. The summed E-state index contributed by atoms with van der Waals surface area (Å²) in [6.45, 7) is 4.13. The molecule has 0 aromatic heterocycles. The molecule has 184 valence electrons. The number of nitrogens with one attached hydrogen (secondary N) is 1. The Morgan fingerprint density at radius 2 is 1.63 bits per heavy atom. The van der Waals surface area contributed by atoms with E-state index in [0.29, 0.717) is 36.0 Å². The van der Waals surface area contributed by atoms with Gasteiger partial charge in [0.05, 0.1) is 4.90 Å². The summed E-state index contributed by atoms with van der Waals surface area (Å²) in [4.78, 5) is 2.98. The first-order chi connectivity index (χ1) is 17.1. The molecule has 6 rings (SSSR count). The fourth-order valence-electron chi connectivity index (χ4n) is 6.38. The molecule has 2 saturated heterocycles. The molecule has 3 aromatic carbocycles. The number of hydrogen-bond donors (Lipinski definition) is 1. The molecule has 2 fully saturated rings. The monoisotopic (exact) mass is 489 g/mol. The van der Waals surface area contributed by atoms with E-state index in [2.05, 4.69) is 34.5 Å². The van der Waals surface area contributed by atoms with Crippen LogP contribution in [0.4, 0.5) is 0 Å². The molecule has 1 N–H and O–H groups in total. The molecule has 3 aliphatic rings. The first kappa shape index (κ1) is 23.2. The minimum absolute atomic E-state index is 0.325. The summed E-state index contributed by atoms with van der Waals surface area (Å²) in [6, 6.07) is 23.1. The molecule has 0 bridgehead atoms. The lowest BCUT2D eigenvalue weighted by Crippen LogP contribution is -2.58. The van der Waals surface area contributed by atoms with E-state index >= 15 is 0 Å². The lowest BCUT2D eigenvalue weighted by Gasteiger charge is -2.46. The van der Waals surface area contributed by atoms with Crippen molar-refractivity contribution in [1.29, 1.82) is 0 Å². The van der Waals surface area contributed by atoms with E-state index in [1.54, 1.807) is 10.4 Å². The Morgan fingerprint density at radius 1 is 0.829 bits per heavy atom. The summed E-state index contributed by atoms with van der Waals surface area (Å²) in [5.74, 6) is 0.643. The molecule has 3 atom stereocenters. The van der Waals surface area contributed by atoms with Crippen LogP contribution in [0.5, 0.6) is 0 Å². The Bertz CT molecular complexity index is 1300. The smallest absolute Gasteiger partial charge is 0.243 e. The van der Waals surface area contributed by atoms with Gasteiger partial charge in [-0.15, -0.1) is 0 Å². The SMILES string of the molecule is O=S(=O)(c1cccc2ccccc12)N1CCN2CC(CNC3CCc4ccccc4C3)CCC2C1. The Balaban J connectivity index is 1.06. The minimum Gasteiger partial charge on any atom is -0.313 e. The average Bonchev–Trinajstić information content (AvgIpc) is 2.91. The topological polar surface area (TPSA) is 52.7 Å². The molecule has 3 aromatic rings. The third-order valence-electron chi connectivity index (χ3n) is 8.38. The molecule has 2 aliphatic heterocycles. The van der Waals surface area contributed by atoms with Crippen LogP contribution in [0.3, 0.4) is 0 Å². The van der Waals surface area contributed by atoms with Crippen LogP contribution < -0.4 is 5.32 Å². The molecule has 0 saturated carbocycles. The second-order valence-electron chi connectivity index (χ2n) is 10.5. The molecule has 0 radical (unpaired) electrons. The zero-order valence-electron chi connectivity index (χ0n) is 20.3. The van der Waals surface area contributed by atoms with Crippen molar-refractivity contribution in [2.45, 2.75) is 49.1 Å². The highest BCUT2D eigenvalue weighted by atomic mass is 32.2. The number of sulfonamides is 1. The van der Waals surface area contributed by atoms with Gasteiger partial charge in [-0.1, -0.05) is 60.7 Å². The summed E-state index contributed by atoms with van der Waals surface area (Å²) in [5.41, 5.74) is 3.02. The number of rotatable bonds is 5. The predicted octanol–water partition coefficient (Wildman–Crippen LogP) is 4.07. The molecule has 5 nitrogen and oxygen atoms in total. The number of piperazine rings is 1. The second kappa shape index (κ2) is 9.66. The summed E-state index contributed by atoms with van der Waals surface area (Å²) in [5, 5.41) is 5.66. The molecule has 0 spiro atoms. The van der Waals surface area contributed by atoms with E-state index in [4.69, 9.17) is 0 Å². The summed E-state index contributed by atoms with van der Waals surface area (Å²) < 4.78 is 28.9. The van der Waals surface area contributed by atoms with Crippen molar-refractivity contribution in [2.24, 2.45) is 5.92 Å². The van der Waals surface area contributed by atoms with Crippen molar-refractivity contribution in [3.63, 3.8) is 0 Å². The highest BCUT2D eigenvalue weighted by Gasteiger charge is 2.38. The fraction of sp³-hybridized carbons (Fsp3) is 0.448. The number of fused-ring (bicyclic) bond motifs is 3. The van der Waals surface area contributed by atoms with Crippen molar-refractivity contribution < 1.29 is 8.42 Å². The van der Waals surface area contributed by atoms with Crippen molar-refractivity contribution >= 4 is 20.8 Å². The maximum absolute atomic E-state index is 13.6. The molecule has 1 aliphatic carbocycles. The van der Waals surface area contributed by atoms with Crippen LogP contribution in [0, 0.1) is 5.92 Å². The minimum atomic E-state index is -3.51. The third-order valence-corrected chi connectivity index (χ3v) is 10.3. The van der Waals surface area contributed by atoms with Gasteiger partial charge in [0.15, 0.2) is 0 Å². The lowest BCUT2D eigenvalue weighted by atomic mass is 9.87. The van der Waals surface area contributed by atoms with Gasteiger partial charge < -0.3 is 5.32 Å². The van der Waals surface area contributed by atoms with Crippen LogP contribution in [-0.2, 0) is 22.9 Å². The summed E-state index contributed by atoms with van der Waals surface area (Å²) in [7, 11) is -3.51. The summed E-state index contributed by atoms with van der Waals surface area (Å²) >= 11 is 0. The first-order valence-electron chi connectivity index (χ1n) is 13.1. The maximum atomic E-state index is 13.6. The zero-order chi connectivity index (χ0) is 23.8. The van der Waals surface area contributed by atoms with Crippen LogP contribution in [-0.4, -0.2) is 62.4 Å². The largest absolute Gasteiger partial charge is 0.313 e. The van der Waals surface area contributed by atoms with Crippen LogP contribution in [0.25, 0.3) is 10.8 Å². The van der Waals surface area contributed by atoms with Crippen LogP contribution in [0.1, 0.15) is 30.4 Å². The number of hydrogen-bond acceptors (Lipinski definition) is 4. The van der Waals surface area contributed by atoms with E-state index in [0.717, 1.165) is 43.2 Å². The van der Waals surface area contributed by atoms with Gasteiger partial charge in [-0.05, 0) is 67.1 Å². The van der Waals surface area contributed by atoms with Gasteiger partial charge in [-0.3, -0.25) is 4.90 Å². The molecule has 35 heavy (non-hydrogen) atoms. The molecule has 6 heteroatoms. The van der Waals surface area contributed by atoms with E-state index in [9.17, 15) is 8.42 Å².